The van der Waals surface area contributed by atoms with Gasteiger partial charge in [-0.1, -0.05) is 50.6 Å². The van der Waals surface area contributed by atoms with Gasteiger partial charge < -0.3 is 5.73 Å². The van der Waals surface area contributed by atoms with E-state index in [0.717, 1.165) is 18.9 Å². The average molecular weight is 191 g/mol. The van der Waals surface area contributed by atoms with Gasteiger partial charge in [0.25, 0.3) is 0 Å². The highest BCUT2D eigenvalue weighted by Gasteiger charge is 2.13. The molecule has 1 nitrogen and oxygen atoms in total. The monoisotopic (exact) mass is 191 g/mol. The third-order valence-corrected chi connectivity index (χ3v) is 3.04. The quantitative estimate of drug-likeness (QED) is 0.761. The van der Waals surface area contributed by atoms with Gasteiger partial charge in [-0.3, -0.25) is 0 Å². The smallest absolute Gasteiger partial charge is 0.00487 e. The maximum atomic E-state index is 5.70. The van der Waals surface area contributed by atoms with Crippen molar-refractivity contribution >= 4 is 0 Å². The molecule has 0 saturated heterocycles. The van der Waals surface area contributed by atoms with E-state index in [1.807, 2.05) is 0 Å². The molecule has 14 heavy (non-hydrogen) atoms. The summed E-state index contributed by atoms with van der Waals surface area (Å²) in [5, 5.41) is 0. The second-order valence-corrected chi connectivity index (χ2v) is 4.07. The molecule has 1 rings (SSSR count). The summed E-state index contributed by atoms with van der Waals surface area (Å²) < 4.78 is 0. The Bertz CT molecular complexity index is 243. The van der Waals surface area contributed by atoms with Crippen LogP contribution < -0.4 is 5.73 Å². The number of rotatable bonds is 5. The van der Waals surface area contributed by atoms with E-state index >= 15 is 0 Å². The van der Waals surface area contributed by atoms with Gasteiger partial charge in [0.1, 0.15) is 0 Å². The summed E-state index contributed by atoms with van der Waals surface area (Å²) in [5.74, 6) is 1.35. The van der Waals surface area contributed by atoms with E-state index in [9.17, 15) is 0 Å². The lowest BCUT2D eigenvalue weighted by molar-refractivity contribution is 0.352. The van der Waals surface area contributed by atoms with Gasteiger partial charge in [-0.15, -0.1) is 0 Å². The molecule has 2 atom stereocenters. The summed E-state index contributed by atoms with van der Waals surface area (Å²) in [5.41, 5.74) is 7.13. The molecule has 0 heterocycles. The molecule has 0 aliphatic carbocycles. The second-order valence-electron chi connectivity index (χ2n) is 4.07. The van der Waals surface area contributed by atoms with Gasteiger partial charge in [0.15, 0.2) is 0 Å². The van der Waals surface area contributed by atoms with Gasteiger partial charge in [-0.2, -0.15) is 0 Å². The lowest BCUT2D eigenvalue weighted by atomic mass is 9.86. The van der Waals surface area contributed by atoms with Crippen LogP contribution in [-0.4, -0.2) is 6.54 Å². The number of hydrogen-bond donors (Lipinski definition) is 1. The van der Waals surface area contributed by atoms with Crippen molar-refractivity contribution in [2.75, 3.05) is 6.54 Å². The fourth-order valence-corrected chi connectivity index (χ4v) is 1.86. The van der Waals surface area contributed by atoms with E-state index in [1.165, 1.54) is 12.0 Å². The zero-order valence-corrected chi connectivity index (χ0v) is 9.24. The van der Waals surface area contributed by atoms with Crippen molar-refractivity contribution in [1.82, 2.24) is 0 Å². The molecule has 0 spiro atoms. The Morgan fingerprint density at radius 2 is 1.86 bits per heavy atom. The van der Waals surface area contributed by atoms with Crippen LogP contribution in [0.1, 0.15) is 25.8 Å². The standard InChI is InChI=1S/C13H21N/c1-3-13(11(2)10-14)9-12-7-5-4-6-8-12/h4-8,11,13H,3,9-10,14H2,1-2H3/t11-,13?/m1/s1. The highest BCUT2D eigenvalue weighted by atomic mass is 14.5. The lowest BCUT2D eigenvalue weighted by Crippen LogP contribution is -2.21. The maximum absolute atomic E-state index is 5.70. The number of hydrogen-bond acceptors (Lipinski definition) is 1. The summed E-state index contributed by atoms with van der Waals surface area (Å²) >= 11 is 0. The Hall–Kier alpha value is -0.820. The van der Waals surface area contributed by atoms with Gasteiger partial charge in [0.2, 0.25) is 0 Å². The topological polar surface area (TPSA) is 26.0 Å². The van der Waals surface area contributed by atoms with E-state index in [0.29, 0.717) is 5.92 Å². The Balaban J connectivity index is 2.57. The predicted molar refractivity (Wildman–Crippen MR) is 62.1 cm³/mol. The molecule has 2 N–H and O–H groups in total. The van der Waals surface area contributed by atoms with Crippen LogP contribution in [0.15, 0.2) is 30.3 Å². The van der Waals surface area contributed by atoms with Crippen molar-refractivity contribution in [2.45, 2.75) is 26.7 Å². The second kappa shape index (κ2) is 5.82. The molecule has 0 aliphatic rings. The number of benzene rings is 1. The van der Waals surface area contributed by atoms with Gasteiger partial charge >= 0.3 is 0 Å². The van der Waals surface area contributed by atoms with Gasteiger partial charge in [-0.05, 0) is 30.4 Å². The van der Waals surface area contributed by atoms with Crippen molar-refractivity contribution in [1.29, 1.82) is 0 Å². The molecular formula is C13H21N. The highest BCUT2D eigenvalue weighted by Crippen LogP contribution is 2.19. The van der Waals surface area contributed by atoms with Crippen molar-refractivity contribution in [3.63, 3.8) is 0 Å². The van der Waals surface area contributed by atoms with E-state index in [1.54, 1.807) is 0 Å². The zero-order valence-electron chi connectivity index (χ0n) is 9.24. The molecule has 0 aliphatic heterocycles. The summed E-state index contributed by atoms with van der Waals surface area (Å²) in [4.78, 5) is 0. The van der Waals surface area contributed by atoms with Crippen molar-refractivity contribution in [3.05, 3.63) is 35.9 Å². The third kappa shape index (κ3) is 3.15. The van der Waals surface area contributed by atoms with Crippen LogP contribution >= 0.6 is 0 Å². The predicted octanol–water partition coefficient (Wildman–Crippen LogP) is 2.85. The Labute approximate surface area is 87.3 Å². The van der Waals surface area contributed by atoms with Crippen LogP contribution in [0, 0.1) is 11.8 Å². The van der Waals surface area contributed by atoms with Crippen molar-refractivity contribution in [2.24, 2.45) is 17.6 Å². The lowest BCUT2D eigenvalue weighted by Gasteiger charge is -2.21. The highest BCUT2D eigenvalue weighted by molar-refractivity contribution is 5.15. The molecule has 0 radical (unpaired) electrons. The maximum Gasteiger partial charge on any atom is -0.00487 e. The molecule has 0 aromatic heterocycles. The first-order chi connectivity index (χ1) is 6.77. The fourth-order valence-electron chi connectivity index (χ4n) is 1.86. The Morgan fingerprint density at radius 1 is 1.21 bits per heavy atom. The summed E-state index contributed by atoms with van der Waals surface area (Å²) in [7, 11) is 0. The summed E-state index contributed by atoms with van der Waals surface area (Å²) in [6.07, 6.45) is 2.38. The van der Waals surface area contributed by atoms with Crippen LogP contribution in [0.25, 0.3) is 0 Å². The molecule has 1 aromatic rings. The van der Waals surface area contributed by atoms with Crippen LogP contribution in [0.4, 0.5) is 0 Å². The van der Waals surface area contributed by atoms with Gasteiger partial charge in [0, 0.05) is 0 Å². The van der Waals surface area contributed by atoms with E-state index < -0.39 is 0 Å². The van der Waals surface area contributed by atoms with Crippen LogP contribution in [0.5, 0.6) is 0 Å². The van der Waals surface area contributed by atoms with Crippen LogP contribution in [0.3, 0.4) is 0 Å². The van der Waals surface area contributed by atoms with Crippen molar-refractivity contribution in [3.8, 4) is 0 Å². The SMILES string of the molecule is CCC(Cc1ccccc1)[C@H](C)CN. The summed E-state index contributed by atoms with van der Waals surface area (Å²) in [6.45, 7) is 5.29. The molecule has 78 valence electrons. The first-order valence-corrected chi connectivity index (χ1v) is 5.52. The minimum Gasteiger partial charge on any atom is -0.330 e. The molecule has 0 bridgehead atoms. The summed E-state index contributed by atoms with van der Waals surface area (Å²) in [6, 6.07) is 10.7. The molecule has 1 heteroatoms. The minimum absolute atomic E-state index is 0.625. The van der Waals surface area contributed by atoms with Crippen LogP contribution in [0.2, 0.25) is 0 Å². The molecule has 1 aromatic carbocycles. The van der Waals surface area contributed by atoms with Gasteiger partial charge in [-0.25, -0.2) is 0 Å². The largest absolute Gasteiger partial charge is 0.330 e. The van der Waals surface area contributed by atoms with Gasteiger partial charge in [0.05, 0.1) is 0 Å². The first-order valence-electron chi connectivity index (χ1n) is 5.52. The van der Waals surface area contributed by atoms with E-state index in [4.69, 9.17) is 5.73 Å². The minimum atomic E-state index is 0.625. The molecule has 1 unspecified atom stereocenters. The van der Waals surface area contributed by atoms with E-state index in [2.05, 4.69) is 44.2 Å². The Kier molecular flexibility index (Phi) is 4.68. The normalized spacial score (nSPS) is 15.1. The average Bonchev–Trinajstić information content (AvgIpc) is 2.26. The molecule has 0 saturated carbocycles. The fraction of sp³-hybridized carbons (Fsp3) is 0.538. The third-order valence-electron chi connectivity index (χ3n) is 3.04. The molecule has 0 fully saturated rings. The molecular weight excluding hydrogens is 170 g/mol. The zero-order chi connectivity index (χ0) is 10.4. The van der Waals surface area contributed by atoms with E-state index in [-0.39, 0.29) is 0 Å². The number of nitrogens with two attached hydrogens (primary N) is 1. The Morgan fingerprint density at radius 3 is 2.36 bits per heavy atom. The van der Waals surface area contributed by atoms with Crippen molar-refractivity contribution < 1.29 is 0 Å². The van der Waals surface area contributed by atoms with Crippen LogP contribution in [-0.2, 0) is 6.42 Å². The first kappa shape index (κ1) is 11.3. The molecule has 0 amide bonds.